The average molecular weight is 446 g/mol. The van der Waals surface area contributed by atoms with Crippen LogP contribution in [0.4, 0.5) is 11.8 Å². The molecule has 0 saturated heterocycles. The maximum absolute atomic E-state index is 9.81. The van der Waals surface area contributed by atoms with Crippen molar-refractivity contribution in [1.82, 2.24) is 14.9 Å². The molecule has 0 bridgehead atoms. The highest BCUT2D eigenvalue weighted by Gasteiger charge is 2.21. The van der Waals surface area contributed by atoms with Gasteiger partial charge in [0, 0.05) is 23.1 Å². The molecular formula is C23H32ClN5O2. The van der Waals surface area contributed by atoms with Gasteiger partial charge in [-0.25, -0.2) is 9.98 Å². The molecule has 0 spiro atoms. The first kappa shape index (κ1) is 23.3. The molecule has 1 aliphatic carbocycles. The van der Waals surface area contributed by atoms with E-state index >= 15 is 0 Å². The minimum absolute atomic E-state index is 0.213. The summed E-state index contributed by atoms with van der Waals surface area (Å²) in [6.45, 7) is 8.50. The van der Waals surface area contributed by atoms with Gasteiger partial charge in [-0.3, -0.25) is 0 Å². The standard InChI is InChI=1S/C23H32ClN5O2/c1-15(2)29(16(3)4)14-26-23-25-13-21(31-20-11-5-17(24)6-12-20)22(28-23)27-18-7-9-19(30)10-8-18/h5-6,11-16,18-19,30H,7-10H2,1-4H3,(H,25,27,28). The van der Waals surface area contributed by atoms with Crippen molar-refractivity contribution in [2.24, 2.45) is 4.99 Å². The molecule has 0 unspecified atom stereocenters. The number of benzene rings is 1. The highest BCUT2D eigenvalue weighted by molar-refractivity contribution is 6.30. The molecule has 1 aromatic carbocycles. The second kappa shape index (κ2) is 10.8. The first-order chi connectivity index (χ1) is 14.8. The number of rotatable bonds is 8. The second-order valence-corrected chi connectivity index (χ2v) is 8.90. The van der Waals surface area contributed by atoms with Crippen LogP contribution in [-0.2, 0) is 0 Å². The van der Waals surface area contributed by atoms with Crippen molar-refractivity contribution in [3.05, 3.63) is 35.5 Å². The lowest BCUT2D eigenvalue weighted by atomic mass is 9.93. The molecule has 31 heavy (non-hydrogen) atoms. The minimum atomic E-state index is -0.216. The summed E-state index contributed by atoms with van der Waals surface area (Å²) >= 11 is 5.98. The summed E-state index contributed by atoms with van der Waals surface area (Å²) in [6.07, 6.45) is 6.52. The van der Waals surface area contributed by atoms with Gasteiger partial charge >= 0.3 is 0 Å². The van der Waals surface area contributed by atoms with E-state index in [0.29, 0.717) is 40.4 Å². The monoisotopic (exact) mass is 445 g/mol. The molecule has 0 aliphatic heterocycles. The average Bonchev–Trinajstić information content (AvgIpc) is 2.72. The lowest BCUT2D eigenvalue weighted by molar-refractivity contribution is 0.126. The van der Waals surface area contributed by atoms with Crippen molar-refractivity contribution in [3.63, 3.8) is 0 Å². The second-order valence-electron chi connectivity index (χ2n) is 8.47. The summed E-state index contributed by atoms with van der Waals surface area (Å²) in [5, 5.41) is 13.9. The van der Waals surface area contributed by atoms with Gasteiger partial charge in [-0.1, -0.05) is 11.6 Å². The van der Waals surface area contributed by atoms with Crippen LogP contribution < -0.4 is 10.1 Å². The van der Waals surface area contributed by atoms with E-state index in [1.807, 2.05) is 0 Å². The SMILES string of the molecule is CC(C)N(C=Nc1ncc(Oc2ccc(Cl)cc2)c(NC2CCC(O)CC2)n1)C(C)C. The molecule has 1 aromatic heterocycles. The van der Waals surface area contributed by atoms with Crippen LogP contribution in [0.25, 0.3) is 0 Å². The molecule has 8 heteroatoms. The number of halogens is 1. The Morgan fingerprint density at radius 2 is 1.77 bits per heavy atom. The third-order valence-corrected chi connectivity index (χ3v) is 5.57. The van der Waals surface area contributed by atoms with Gasteiger partial charge in [-0.05, 0) is 77.6 Å². The fourth-order valence-electron chi connectivity index (χ4n) is 3.63. The van der Waals surface area contributed by atoms with Crippen molar-refractivity contribution < 1.29 is 9.84 Å². The lowest BCUT2D eigenvalue weighted by Crippen LogP contribution is -2.35. The van der Waals surface area contributed by atoms with Gasteiger partial charge in [-0.2, -0.15) is 4.98 Å². The third kappa shape index (κ3) is 6.80. The van der Waals surface area contributed by atoms with Gasteiger partial charge in [0.2, 0.25) is 0 Å². The van der Waals surface area contributed by atoms with Gasteiger partial charge in [-0.15, -0.1) is 0 Å². The van der Waals surface area contributed by atoms with Crippen LogP contribution in [0, 0.1) is 0 Å². The zero-order valence-electron chi connectivity index (χ0n) is 18.6. The topological polar surface area (TPSA) is 82.9 Å². The fraction of sp³-hybridized carbons (Fsp3) is 0.522. The van der Waals surface area contributed by atoms with Crippen LogP contribution in [0.5, 0.6) is 11.5 Å². The van der Waals surface area contributed by atoms with Crippen LogP contribution in [-0.4, -0.2) is 50.5 Å². The summed E-state index contributed by atoms with van der Waals surface area (Å²) in [4.78, 5) is 15.7. The quantitative estimate of drug-likeness (QED) is 0.417. The summed E-state index contributed by atoms with van der Waals surface area (Å²) < 4.78 is 6.03. The number of aliphatic hydroxyl groups excluding tert-OH is 1. The number of aliphatic hydroxyl groups is 1. The first-order valence-electron chi connectivity index (χ1n) is 10.9. The van der Waals surface area contributed by atoms with E-state index in [1.165, 1.54) is 0 Å². The summed E-state index contributed by atoms with van der Waals surface area (Å²) in [5.74, 6) is 2.14. The molecule has 1 aliphatic rings. The fourth-order valence-corrected chi connectivity index (χ4v) is 3.75. The first-order valence-corrected chi connectivity index (χ1v) is 11.3. The molecule has 0 atom stereocenters. The van der Waals surface area contributed by atoms with Crippen molar-refractivity contribution in [3.8, 4) is 11.5 Å². The molecule has 2 N–H and O–H groups in total. The molecule has 1 saturated carbocycles. The maximum atomic E-state index is 9.81. The molecular weight excluding hydrogens is 414 g/mol. The number of nitrogens with zero attached hydrogens (tertiary/aromatic N) is 4. The van der Waals surface area contributed by atoms with Crippen molar-refractivity contribution in [2.45, 2.75) is 77.6 Å². The molecule has 1 heterocycles. The van der Waals surface area contributed by atoms with Crippen molar-refractivity contribution in [1.29, 1.82) is 0 Å². The van der Waals surface area contributed by atoms with Gasteiger partial charge in [0.15, 0.2) is 11.6 Å². The van der Waals surface area contributed by atoms with E-state index in [-0.39, 0.29) is 12.1 Å². The maximum Gasteiger partial charge on any atom is 0.252 e. The molecule has 0 radical (unpaired) electrons. The highest BCUT2D eigenvalue weighted by atomic mass is 35.5. The number of hydrogen-bond acceptors (Lipinski definition) is 6. The van der Waals surface area contributed by atoms with Crippen LogP contribution >= 0.6 is 11.6 Å². The number of aliphatic imine (C=N–C) groups is 1. The van der Waals surface area contributed by atoms with Gasteiger partial charge < -0.3 is 20.1 Å². The van der Waals surface area contributed by atoms with E-state index in [4.69, 9.17) is 16.3 Å². The number of anilines is 1. The number of hydrogen-bond donors (Lipinski definition) is 2. The van der Waals surface area contributed by atoms with Gasteiger partial charge in [0.25, 0.3) is 5.95 Å². The van der Waals surface area contributed by atoms with E-state index in [0.717, 1.165) is 25.7 Å². The summed E-state index contributed by atoms with van der Waals surface area (Å²) in [5.41, 5.74) is 0. The Bertz CT molecular complexity index is 857. The van der Waals surface area contributed by atoms with Crippen LogP contribution in [0.15, 0.2) is 35.5 Å². The van der Waals surface area contributed by atoms with Gasteiger partial charge in [0.1, 0.15) is 5.75 Å². The third-order valence-electron chi connectivity index (χ3n) is 5.32. The van der Waals surface area contributed by atoms with Crippen molar-refractivity contribution in [2.75, 3.05) is 5.32 Å². The number of ether oxygens (including phenoxy) is 1. The Hall–Kier alpha value is -2.38. The predicted octanol–water partition coefficient (Wildman–Crippen LogP) is 5.42. The zero-order chi connectivity index (χ0) is 22.4. The van der Waals surface area contributed by atoms with Crippen LogP contribution in [0.3, 0.4) is 0 Å². The van der Waals surface area contributed by atoms with E-state index in [2.05, 4.69) is 52.9 Å². The Kier molecular flexibility index (Phi) is 8.09. The Morgan fingerprint density at radius 1 is 1.13 bits per heavy atom. The molecule has 2 aromatic rings. The van der Waals surface area contributed by atoms with Crippen LogP contribution in [0.1, 0.15) is 53.4 Å². The number of nitrogens with one attached hydrogen (secondary N) is 1. The lowest BCUT2D eigenvalue weighted by Gasteiger charge is -2.28. The number of aromatic nitrogens is 2. The van der Waals surface area contributed by atoms with E-state index < -0.39 is 0 Å². The predicted molar refractivity (Wildman–Crippen MR) is 126 cm³/mol. The largest absolute Gasteiger partial charge is 0.452 e. The molecule has 0 amide bonds. The van der Waals surface area contributed by atoms with E-state index in [9.17, 15) is 5.11 Å². The Balaban J connectivity index is 1.84. The molecule has 7 nitrogen and oxygen atoms in total. The summed E-state index contributed by atoms with van der Waals surface area (Å²) in [6, 6.07) is 8.02. The molecule has 168 valence electrons. The Morgan fingerprint density at radius 3 is 2.39 bits per heavy atom. The normalized spacial score (nSPS) is 19.2. The minimum Gasteiger partial charge on any atom is -0.452 e. The Labute approximate surface area is 189 Å². The zero-order valence-corrected chi connectivity index (χ0v) is 19.4. The summed E-state index contributed by atoms with van der Waals surface area (Å²) in [7, 11) is 0. The smallest absolute Gasteiger partial charge is 0.252 e. The van der Waals surface area contributed by atoms with Crippen LogP contribution in [0.2, 0.25) is 5.02 Å². The highest BCUT2D eigenvalue weighted by Crippen LogP contribution is 2.32. The van der Waals surface area contributed by atoms with E-state index in [1.54, 1.807) is 36.8 Å². The van der Waals surface area contributed by atoms with Crippen molar-refractivity contribution >= 4 is 29.7 Å². The molecule has 3 rings (SSSR count). The molecule has 1 fully saturated rings. The van der Waals surface area contributed by atoms with Gasteiger partial charge in [0.05, 0.1) is 18.6 Å².